The number of nitrogens with two attached hydrogens (primary N) is 1. The number of halogens is 1. The number of benzene rings is 2. The van der Waals surface area contributed by atoms with Gasteiger partial charge in [0.25, 0.3) is 0 Å². The Kier molecular flexibility index (Phi) is 5.28. The van der Waals surface area contributed by atoms with Gasteiger partial charge >= 0.3 is 5.97 Å². The molecule has 5 heteroatoms. The van der Waals surface area contributed by atoms with Crippen LogP contribution in [0.1, 0.15) is 29.3 Å². The summed E-state index contributed by atoms with van der Waals surface area (Å²) in [5.41, 5.74) is 9.20. The Bertz CT molecular complexity index is 686. The Labute approximate surface area is 135 Å². The van der Waals surface area contributed by atoms with E-state index in [2.05, 4.69) is 5.32 Å². The van der Waals surface area contributed by atoms with Gasteiger partial charge in [-0.15, -0.1) is 0 Å². The largest absolute Gasteiger partial charge is 0.462 e. The maximum atomic E-state index is 12.2. The lowest BCUT2D eigenvalue weighted by molar-refractivity contribution is 0.0506. The van der Waals surface area contributed by atoms with Crippen LogP contribution in [0.5, 0.6) is 0 Å². The molecule has 0 radical (unpaired) electrons. The van der Waals surface area contributed by atoms with Crippen LogP contribution in [0.4, 0.5) is 17.1 Å². The minimum absolute atomic E-state index is 0.378. The Morgan fingerprint density at radius 1 is 1.23 bits per heavy atom. The molecular formula is C17H19ClN2O2. The van der Waals surface area contributed by atoms with E-state index in [4.69, 9.17) is 22.1 Å². The van der Waals surface area contributed by atoms with Crippen LogP contribution in [0.2, 0.25) is 5.02 Å². The maximum absolute atomic E-state index is 12.2. The van der Waals surface area contributed by atoms with Crippen molar-refractivity contribution in [1.29, 1.82) is 0 Å². The zero-order valence-electron chi connectivity index (χ0n) is 12.7. The number of hydrogen-bond acceptors (Lipinski definition) is 4. The van der Waals surface area contributed by atoms with E-state index in [9.17, 15) is 4.79 Å². The van der Waals surface area contributed by atoms with E-state index in [1.54, 1.807) is 18.2 Å². The summed E-state index contributed by atoms with van der Waals surface area (Å²) in [6.45, 7) is 4.29. The number of carbonyl (C=O) groups is 1. The van der Waals surface area contributed by atoms with Crippen molar-refractivity contribution in [3.63, 3.8) is 0 Å². The first-order chi connectivity index (χ1) is 10.5. The first kappa shape index (κ1) is 16.2. The van der Waals surface area contributed by atoms with E-state index >= 15 is 0 Å². The molecule has 22 heavy (non-hydrogen) atoms. The minimum Gasteiger partial charge on any atom is -0.462 e. The van der Waals surface area contributed by atoms with Crippen molar-refractivity contribution < 1.29 is 9.53 Å². The number of esters is 1. The van der Waals surface area contributed by atoms with Crippen molar-refractivity contribution in [2.24, 2.45) is 0 Å². The molecular weight excluding hydrogens is 300 g/mol. The minimum atomic E-state index is -0.392. The Morgan fingerprint density at radius 2 is 2.00 bits per heavy atom. The van der Waals surface area contributed by atoms with Crippen LogP contribution in [0, 0.1) is 6.92 Å². The van der Waals surface area contributed by atoms with E-state index < -0.39 is 5.97 Å². The number of nitrogen functional groups attached to an aromatic ring is 1. The second-order valence-electron chi connectivity index (χ2n) is 5.03. The van der Waals surface area contributed by atoms with E-state index in [1.807, 2.05) is 32.0 Å². The average Bonchev–Trinajstić information content (AvgIpc) is 2.50. The van der Waals surface area contributed by atoms with Crippen molar-refractivity contribution >= 4 is 34.6 Å². The van der Waals surface area contributed by atoms with Crippen molar-refractivity contribution in [1.82, 2.24) is 0 Å². The van der Waals surface area contributed by atoms with Crippen LogP contribution < -0.4 is 11.1 Å². The Balaban J connectivity index is 2.34. The summed E-state index contributed by atoms with van der Waals surface area (Å²) in [5.74, 6) is -0.392. The molecule has 0 spiro atoms. The number of carbonyl (C=O) groups excluding carboxylic acids is 1. The molecule has 0 fully saturated rings. The zero-order valence-corrected chi connectivity index (χ0v) is 13.4. The molecule has 0 aliphatic rings. The van der Waals surface area contributed by atoms with E-state index in [1.165, 1.54) is 0 Å². The molecule has 2 rings (SSSR count). The summed E-state index contributed by atoms with van der Waals surface area (Å²) in [6, 6.07) is 10.7. The monoisotopic (exact) mass is 318 g/mol. The average molecular weight is 319 g/mol. The molecule has 0 atom stereocenters. The quantitative estimate of drug-likeness (QED) is 0.627. The third-order valence-electron chi connectivity index (χ3n) is 3.17. The van der Waals surface area contributed by atoms with E-state index in [-0.39, 0.29) is 0 Å². The number of hydrogen-bond donors (Lipinski definition) is 2. The van der Waals surface area contributed by atoms with Crippen LogP contribution >= 0.6 is 11.6 Å². The molecule has 3 N–H and O–H groups in total. The summed E-state index contributed by atoms with van der Waals surface area (Å²) in [6.07, 6.45) is 0.768. The molecule has 0 heterocycles. The van der Waals surface area contributed by atoms with Crippen LogP contribution in [-0.4, -0.2) is 12.6 Å². The summed E-state index contributed by atoms with van der Waals surface area (Å²) < 4.78 is 5.20. The third kappa shape index (κ3) is 3.92. The van der Waals surface area contributed by atoms with Gasteiger partial charge in [-0.2, -0.15) is 0 Å². The topological polar surface area (TPSA) is 64.3 Å². The van der Waals surface area contributed by atoms with Gasteiger partial charge in [0.2, 0.25) is 0 Å². The highest BCUT2D eigenvalue weighted by Crippen LogP contribution is 2.28. The predicted octanol–water partition coefficient (Wildman–Crippen LogP) is 4.54. The predicted molar refractivity (Wildman–Crippen MR) is 90.9 cm³/mol. The Morgan fingerprint density at radius 3 is 2.73 bits per heavy atom. The number of ether oxygens (including phenoxy) is 1. The van der Waals surface area contributed by atoms with E-state index in [0.717, 1.165) is 17.7 Å². The van der Waals surface area contributed by atoms with Crippen LogP contribution in [0.15, 0.2) is 36.4 Å². The summed E-state index contributed by atoms with van der Waals surface area (Å²) in [5, 5.41) is 3.85. The molecule has 0 aliphatic carbocycles. The van der Waals surface area contributed by atoms with Gasteiger partial charge in [0.15, 0.2) is 0 Å². The lowest BCUT2D eigenvalue weighted by Gasteiger charge is -2.14. The normalized spacial score (nSPS) is 10.3. The molecule has 0 aliphatic heterocycles. The van der Waals surface area contributed by atoms with Gasteiger partial charge in [-0.1, -0.05) is 24.6 Å². The lowest BCUT2D eigenvalue weighted by Crippen LogP contribution is -2.09. The second kappa shape index (κ2) is 7.18. The third-order valence-corrected chi connectivity index (χ3v) is 3.40. The van der Waals surface area contributed by atoms with Gasteiger partial charge in [-0.25, -0.2) is 4.79 Å². The second-order valence-corrected chi connectivity index (χ2v) is 5.46. The summed E-state index contributed by atoms with van der Waals surface area (Å²) >= 11 is 6.03. The zero-order chi connectivity index (χ0) is 16.1. The standard InChI is InChI=1S/C17H19ClN2O2/c1-3-8-22-17(21)14-10-13(19)6-7-15(14)20-16-9-12(18)5-4-11(16)2/h4-7,9-10,20H,3,8,19H2,1-2H3. The van der Waals surface area contributed by atoms with Crippen molar-refractivity contribution in [2.75, 3.05) is 17.7 Å². The first-order valence-corrected chi connectivity index (χ1v) is 7.49. The molecule has 0 saturated carbocycles. The van der Waals surface area contributed by atoms with Gasteiger partial charge in [0.1, 0.15) is 0 Å². The van der Waals surface area contributed by atoms with Gasteiger partial charge in [0, 0.05) is 16.4 Å². The maximum Gasteiger partial charge on any atom is 0.340 e. The first-order valence-electron chi connectivity index (χ1n) is 7.11. The van der Waals surface area contributed by atoms with Crippen LogP contribution in [0.3, 0.4) is 0 Å². The van der Waals surface area contributed by atoms with Gasteiger partial charge in [-0.05, 0) is 49.2 Å². The SMILES string of the molecule is CCCOC(=O)c1cc(N)ccc1Nc1cc(Cl)ccc1C. The van der Waals surface area contributed by atoms with Crippen molar-refractivity contribution in [3.05, 3.63) is 52.5 Å². The molecule has 0 saturated heterocycles. The highest BCUT2D eigenvalue weighted by Gasteiger charge is 2.14. The number of aryl methyl sites for hydroxylation is 1. The lowest BCUT2D eigenvalue weighted by atomic mass is 10.1. The molecule has 0 aromatic heterocycles. The number of anilines is 3. The Hall–Kier alpha value is -2.20. The summed E-state index contributed by atoms with van der Waals surface area (Å²) in [7, 11) is 0. The van der Waals surface area contributed by atoms with Crippen LogP contribution in [0.25, 0.3) is 0 Å². The number of nitrogens with one attached hydrogen (secondary N) is 1. The molecule has 2 aromatic rings. The van der Waals surface area contributed by atoms with Crippen LogP contribution in [-0.2, 0) is 4.74 Å². The fourth-order valence-corrected chi connectivity index (χ4v) is 2.16. The van der Waals surface area contributed by atoms with Crippen molar-refractivity contribution in [2.45, 2.75) is 20.3 Å². The van der Waals surface area contributed by atoms with E-state index in [0.29, 0.717) is 28.6 Å². The van der Waals surface area contributed by atoms with Gasteiger partial charge in [0.05, 0.1) is 17.9 Å². The number of rotatable bonds is 5. The molecule has 116 valence electrons. The van der Waals surface area contributed by atoms with Crippen molar-refractivity contribution in [3.8, 4) is 0 Å². The summed E-state index contributed by atoms with van der Waals surface area (Å²) in [4.78, 5) is 12.2. The highest BCUT2D eigenvalue weighted by molar-refractivity contribution is 6.30. The molecule has 2 aromatic carbocycles. The fourth-order valence-electron chi connectivity index (χ4n) is 1.99. The molecule has 0 unspecified atom stereocenters. The molecule has 4 nitrogen and oxygen atoms in total. The highest BCUT2D eigenvalue weighted by atomic mass is 35.5. The van der Waals surface area contributed by atoms with Gasteiger partial charge < -0.3 is 15.8 Å². The molecule has 0 amide bonds. The smallest absolute Gasteiger partial charge is 0.340 e. The molecule has 0 bridgehead atoms. The van der Waals surface area contributed by atoms with Gasteiger partial charge in [-0.3, -0.25) is 0 Å². The fraction of sp³-hybridized carbons (Fsp3) is 0.235.